The van der Waals surface area contributed by atoms with Crippen LogP contribution >= 0.6 is 0 Å². The number of nitrogens with one attached hydrogen (secondary N) is 1. The summed E-state index contributed by atoms with van der Waals surface area (Å²) in [5.74, 6) is 0.0274. The molecule has 2 fully saturated rings. The van der Waals surface area contributed by atoms with Crippen molar-refractivity contribution in [1.29, 1.82) is 0 Å². The number of hydrogen-bond donors (Lipinski definition) is 1. The van der Waals surface area contributed by atoms with Crippen LogP contribution in [0.1, 0.15) is 25.7 Å². The number of rotatable bonds is 7. The van der Waals surface area contributed by atoms with Crippen LogP contribution in [0.25, 0.3) is 0 Å². The molecule has 0 saturated carbocycles. The fourth-order valence-electron chi connectivity index (χ4n) is 3.42. The fourth-order valence-corrected chi connectivity index (χ4v) is 3.42. The number of carbonyl (C=O) groups excluding carboxylic acids is 2. The van der Waals surface area contributed by atoms with Crippen molar-refractivity contribution < 1.29 is 19.1 Å². The average molecular weight is 353 g/mol. The van der Waals surface area contributed by atoms with E-state index in [4.69, 9.17) is 9.47 Å². The quantitative estimate of drug-likeness (QED) is 0.671. The number of carbonyl (C=O) groups is 2. The summed E-state index contributed by atoms with van der Waals surface area (Å²) >= 11 is 0. The lowest BCUT2D eigenvalue weighted by Crippen LogP contribution is -2.51. The maximum atomic E-state index is 12.5. The first-order valence-corrected chi connectivity index (χ1v) is 9.10. The molecule has 0 aliphatic carbocycles. The minimum atomic E-state index is -0.418. The van der Waals surface area contributed by atoms with Crippen molar-refractivity contribution in [3.8, 4) is 0 Å². The molecule has 142 valence electrons. The topological polar surface area (TPSA) is 71.1 Å². The number of nitrogens with zero attached hydrogens (tertiary/aromatic N) is 2. The van der Waals surface area contributed by atoms with Gasteiger partial charge in [0.25, 0.3) is 0 Å². The molecule has 0 aromatic carbocycles. The van der Waals surface area contributed by atoms with E-state index < -0.39 is 5.60 Å². The smallest absolute Gasteiger partial charge is 0.246 e. The number of morpholine rings is 1. The lowest BCUT2D eigenvalue weighted by molar-refractivity contribution is -0.137. The minimum Gasteiger partial charge on any atom is -0.379 e. The molecule has 25 heavy (non-hydrogen) atoms. The van der Waals surface area contributed by atoms with Crippen LogP contribution in [0.4, 0.5) is 0 Å². The van der Waals surface area contributed by atoms with Gasteiger partial charge in [0.05, 0.1) is 18.8 Å². The van der Waals surface area contributed by atoms with Gasteiger partial charge in [0, 0.05) is 59.4 Å². The summed E-state index contributed by atoms with van der Waals surface area (Å²) in [6.07, 6.45) is 6.41. The summed E-state index contributed by atoms with van der Waals surface area (Å²) in [7, 11) is 3.31. The lowest BCUT2D eigenvalue weighted by atomic mass is 9.87. The zero-order valence-electron chi connectivity index (χ0n) is 15.5. The van der Waals surface area contributed by atoms with E-state index >= 15 is 0 Å². The third kappa shape index (κ3) is 6.09. The Morgan fingerprint density at radius 1 is 1.28 bits per heavy atom. The molecule has 2 amide bonds. The number of likely N-dealkylation sites (tertiary alicyclic amines) is 1. The van der Waals surface area contributed by atoms with Crippen molar-refractivity contribution in [2.45, 2.75) is 31.3 Å². The predicted octanol–water partition coefficient (Wildman–Crippen LogP) is 0.409. The van der Waals surface area contributed by atoms with Gasteiger partial charge >= 0.3 is 0 Å². The highest BCUT2D eigenvalue weighted by Crippen LogP contribution is 2.29. The first-order valence-electron chi connectivity index (χ1n) is 9.10. The molecule has 2 heterocycles. The molecule has 2 rings (SSSR count). The Morgan fingerprint density at radius 2 is 2.04 bits per heavy atom. The zero-order valence-corrected chi connectivity index (χ0v) is 15.5. The maximum absolute atomic E-state index is 12.5. The van der Waals surface area contributed by atoms with Gasteiger partial charge in [0.1, 0.15) is 0 Å². The van der Waals surface area contributed by atoms with Crippen molar-refractivity contribution in [1.82, 2.24) is 15.1 Å². The summed E-state index contributed by atoms with van der Waals surface area (Å²) in [4.78, 5) is 28.2. The second-order valence-electron chi connectivity index (χ2n) is 6.74. The van der Waals surface area contributed by atoms with Crippen LogP contribution in [-0.2, 0) is 19.1 Å². The Kier molecular flexibility index (Phi) is 7.87. The van der Waals surface area contributed by atoms with Gasteiger partial charge in [-0.05, 0) is 19.3 Å². The molecular formula is C18H31N3O4. The standard InChI is InChI=1S/C18H31N3O4/c1-19-16(22)6-8-18(24-2)7-4-10-21(15-18)17(23)5-3-9-20-11-13-25-14-12-20/h3,5H,4,6-15H2,1-2H3,(H,19,22)/b5-3+/t18-/m1/s1. The fraction of sp³-hybridized carbons (Fsp3) is 0.778. The van der Waals surface area contributed by atoms with Gasteiger partial charge in [-0.1, -0.05) is 6.08 Å². The van der Waals surface area contributed by atoms with Gasteiger partial charge in [-0.15, -0.1) is 0 Å². The molecule has 2 saturated heterocycles. The molecule has 7 heteroatoms. The van der Waals surface area contributed by atoms with E-state index in [9.17, 15) is 9.59 Å². The van der Waals surface area contributed by atoms with E-state index in [1.165, 1.54) is 0 Å². The van der Waals surface area contributed by atoms with E-state index in [0.29, 0.717) is 19.4 Å². The van der Waals surface area contributed by atoms with Crippen LogP contribution in [0.2, 0.25) is 0 Å². The minimum absolute atomic E-state index is 0.00489. The van der Waals surface area contributed by atoms with Crippen LogP contribution in [0.5, 0.6) is 0 Å². The number of hydrogen-bond acceptors (Lipinski definition) is 5. The zero-order chi connectivity index (χ0) is 18.1. The number of piperidine rings is 1. The summed E-state index contributed by atoms with van der Waals surface area (Å²) in [5, 5.41) is 2.64. The second kappa shape index (κ2) is 9.89. The van der Waals surface area contributed by atoms with Crippen molar-refractivity contribution in [3.05, 3.63) is 12.2 Å². The molecule has 1 atom stereocenters. The molecule has 2 aliphatic heterocycles. The van der Waals surface area contributed by atoms with E-state index in [2.05, 4.69) is 10.2 Å². The summed E-state index contributed by atoms with van der Waals surface area (Å²) in [6.45, 7) is 5.40. The van der Waals surface area contributed by atoms with Crippen LogP contribution < -0.4 is 5.32 Å². The molecule has 0 spiro atoms. The molecule has 2 aliphatic rings. The van der Waals surface area contributed by atoms with Crippen LogP contribution in [0.3, 0.4) is 0 Å². The SMILES string of the molecule is CNC(=O)CC[C@]1(OC)CCCN(C(=O)/C=C/CN2CCOCC2)C1. The molecule has 0 aromatic rings. The first kappa shape index (κ1) is 19.9. The first-order chi connectivity index (χ1) is 12.1. The van der Waals surface area contributed by atoms with Gasteiger partial charge in [0.15, 0.2) is 0 Å². The van der Waals surface area contributed by atoms with E-state index in [1.807, 2.05) is 11.0 Å². The highest BCUT2D eigenvalue weighted by molar-refractivity contribution is 5.87. The largest absolute Gasteiger partial charge is 0.379 e. The second-order valence-corrected chi connectivity index (χ2v) is 6.74. The number of amides is 2. The third-order valence-corrected chi connectivity index (χ3v) is 5.10. The molecule has 0 aromatic heterocycles. The Bertz CT molecular complexity index is 477. The molecule has 0 bridgehead atoms. The molecule has 7 nitrogen and oxygen atoms in total. The third-order valence-electron chi connectivity index (χ3n) is 5.10. The summed E-state index contributed by atoms with van der Waals surface area (Å²) in [5.41, 5.74) is -0.418. The molecule has 0 radical (unpaired) electrons. The molecule has 1 N–H and O–H groups in total. The predicted molar refractivity (Wildman–Crippen MR) is 95.3 cm³/mol. The highest BCUT2D eigenvalue weighted by Gasteiger charge is 2.36. The van der Waals surface area contributed by atoms with Gasteiger partial charge < -0.3 is 19.7 Å². The van der Waals surface area contributed by atoms with Crippen molar-refractivity contribution in [3.63, 3.8) is 0 Å². The lowest BCUT2D eigenvalue weighted by Gasteiger charge is -2.41. The van der Waals surface area contributed by atoms with Gasteiger partial charge in [0.2, 0.25) is 11.8 Å². The van der Waals surface area contributed by atoms with E-state index in [0.717, 1.165) is 52.2 Å². The maximum Gasteiger partial charge on any atom is 0.246 e. The Labute approximate surface area is 150 Å². The number of ether oxygens (including phenoxy) is 2. The van der Waals surface area contributed by atoms with Gasteiger partial charge in [-0.3, -0.25) is 14.5 Å². The highest BCUT2D eigenvalue weighted by atomic mass is 16.5. The van der Waals surface area contributed by atoms with Crippen LogP contribution in [0, 0.1) is 0 Å². The van der Waals surface area contributed by atoms with Crippen molar-refractivity contribution in [2.75, 3.05) is 60.1 Å². The van der Waals surface area contributed by atoms with Gasteiger partial charge in [-0.25, -0.2) is 0 Å². The van der Waals surface area contributed by atoms with E-state index in [1.54, 1.807) is 20.2 Å². The van der Waals surface area contributed by atoms with Crippen molar-refractivity contribution in [2.24, 2.45) is 0 Å². The summed E-state index contributed by atoms with van der Waals surface area (Å²) < 4.78 is 11.1. The molecule has 0 unspecified atom stereocenters. The van der Waals surface area contributed by atoms with Gasteiger partial charge in [-0.2, -0.15) is 0 Å². The van der Waals surface area contributed by atoms with Crippen molar-refractivity contribution >= 4 is 11.8 Å². The average Bonchev–Trinajstić information content (AvgIpc) is 2.67. The van der Waals surface area contributed by atoms with Crippen LogP contribution in [0.15, 0.2) is 12.2 Å². The molecular weight excluding hydrogens is 322 g/mol. The Balaban J connectivity index is 1.85. The van der Waals surface area contributed by atoms with E-state index in [-0.39, 0.29) is 11.8 Å². The normalized spacial score (nSPS) is 25.3. The summed E-state index contributed by atoms with van der Waals surface area (Å²) in [6, 6.07) is 0. The number of methoxy groups -OCH3 is 1. The monoisotopic (exact) mass is 353 g/mol. The van der Waals surface area contributed by atoms with Crippen LogP contribution in [-0.4, -0.2) is 87.3 Å². The Morgan fingerprint density at radius 3 is 2.72 bits per heavy atom. The Hall–Kier alpha value is -1.44.